The summed E-state index contributed by atoms with van der Waals surface area (Å²) in [6, 6.07) is 12.7. The summed E-state index contributed by atoms with van der Waals surface area (Å²) in [7, 11) is 1.78. The molecule has 1 atom stereocenters. The molecule has 0 spiro atoms. The molecule has 7 heterocycles. The molecule has 0 radical (unpaired) electrons. The van der Waals surface area contributed by atoms with Crippen molar-refractivity contribution in [3.8, 4) is 0 Å². The fraction of sp³-hybridized carbons (Fsp3) is 0.550. The Bertz CT molecular complexity index is 1940. The van der Waals surface area contributed by atoms with Gasteiger partial charge in [0.1, 0.15) is 17.7 Å². The van der Waals surface area contributed by atoms with Gasteiger partial charge in [0, 0.05) is 109 Å². The molecule has 4 aliphatic rings. The molecule has 3 N–H and O–H groups in total. The van der Waals surface area contributed by atoms with Crippen molar-refractivity contribution in [2.24, 2.45) is 0 Å². The highest BCUT2D eigenvalue weighted by Gasteiger charge is 2.30. The first-order valence-electron chi connectivity index (χ1n) is 20.0. The molecule has 0 aliphatic carbocycles. The topological polar surface area (TPSA) is 149 Å². The number of hydrogen-bond acceptors (Lipinski definition) is 13. The van der Waals surface area contributed by atoms with Gasteiger partial charge in [-0.2, -0.15) is 10.1 Å². The summed E-state index contributed by atoms with van der Waals surface area (Å²) in [6.45, 7) is 13.2. The third-order valence-corrected chi connectivity index (χ3v) is 11.6. The van der Waals surface area contributed by atoms with Gasteiger partial charge in [0.2, 0.25) is 17.8 Å². The molecule has 1 aromatic carbocycles. The number of piperidine rings is 3. The van der Waals surface area contributed by atoms with Gasteiger partial charge in [-0.1, -0.05) is 12.1 Å². The first kappa shape index (κ1) is 37.1. The molecular formula is C40H54N12O3. The minimum atomic E-state index is -0.366. The van der Waals surface area contributed by atoms with E-state index in [1.54, 1.807) is 13.3 Å². The number of nitrogens with zero attached hydrogens (tertiary/aromatic N) is 9. The number of nitrogens with one attached hydrogen (secondary N) is 3. The van der Waals surface area contributed by atoms with E-state index in [2.05, 4.69) is 77.3 Å². The number of methoxy groups -OCH3 is 1. The Morgan fingerprint density at radius 2 is 1.62 bits per heavy atom. The van der Waals surface area contributed by atoms with Crippen molar-refractivity contribution >= 4 is 51.8 Å². The van der Waals surface area contributed by atoms with E-state index < -0.39 is 0 Å². The predicted molar refractivity (Wildman–Crippen MR) is 214 cm³/mol. The van der Waals surface area contributed by atoms with Gasteiger partial charge in [-0.05, 0) is 69.7 Å². The average molecular weight is 751 g/mol. The molecule has 15 heteroatoms. The van der Waals surface area contributed by atoms with Gasteiger partial charge < -0.3 is 25.2 Å². The van der Waals surface area contributed by atoms with E-state index in [1.807, 2.05) is 24.4 Å². The maximum absolute atomic E-state index is 12.1. The number of carbonyl (C=O) groups is 2. The fourth-order valence-electron chi connectivity index (χ4n) is 8.43. The van der Waals surface area contributed by atoms with Crippen LogP contribution in [0.25, 0.3) is 10.9 Å². The van der Waals surface area contributed by atoms with Gasteiger partial charge in [0.05, 0.1) is 17.0 Å². The average Bonchev–Trinajstić information content (AvgIpc) is 3.59. The van der Waals surface area contributed by atoms with Gasteiger partial charge >= 0.3 is 0 Å². The number of pyridine rings is 1. The van der Waals surface area contributed by atoms with E-state index in [1.165, 1.54) is 5.56 Å². The highest BCUT2D eigenvalue weighted by atomic mass is 16.5. The number of imide groups is 1. The molecule has 4 fully saturated rings. The third-order valence-electron chi connectivity index (χ3n) is 11.6. The van der Waals surface area contributed by atoms with E-state index in [9.17, 15) is 9.59 Å². The smallest absolute Gasteiger partial charge is 0.249 e. The molecule has 2 amide bonds. The zero-order valence-electron chi connectivity index (χ0n) is 32.3. The highest BCUT2D eigenvalue weighted by Crippen LogP contribution is 2.33. The van der Waals surface area contributed by atoms with Crippen molar-refractivity contribution in [1.82, 2.24) is 39.8 Å². The van der Waals surface area contributed by atoms with Crippen LogP contribution in [0.4, 0.5) is 29.1 Å². The summed E-state index contributed by atoms with van der Waals surface area (Å²) in [6.07, 6.45) is 9.14. The molecule has 0 bridgehead atoms. The quantitative estimate of drug-likeness (QED) is 0.189. The summed E-state index contributed by atoms with van der Waals surface area (Å²) < 4.78 is 7.66. The molecule has 4 aromatic rings. The van der Waals surface area contributed by atoms with Crippen LogP contribution in [0.2, 0.25) is 0 Å². The Kier molecular flexibility index (Phi) is 11.1. The van der Waals surface area contributed by atoms with E-state index in [0.717, 1.165) is 125 Å². The number of amides is 2. The number of ether oxygens (including phenoxy) is 1. The Labute approximate surface area is 322 Å². The predicted octanol–water partition coefficient (Wildman–Crippen LogP) is 4.16. The third kappa shape index (κ3) is 8.53. The van der Waals surface area contributed by atoms with Crippen LogP contribution >= 0.6 is 0 Å². The van der Waals surface area contributed by atoms with Crippen molar-refractivity contribution in [2.45, 2.75) is 83.1 Å². The normalized spacial score (nSPS) is 21.1. The SMILES string of the molecule is COC1CCN(c2nccc(Nc3cc4c(cn3)c(N3CCC(N5CCN(Cc6ccc(NC7CCC(=O)NC7=O)cc6)CC5)CC3)nn4C(C)C)n2)CC1. The summed E-state index contributed by atoms with van der Waals surface area (Å²) in [5, 5.41) is 15.3. The maximum Gasteiger partial charge on any atom is 0.249 e. The molecular weight excluding hydrogens is 697 g/mol. The van der Waals surface area contributed by atoms with Crippen molar-refractivity contribution in [2.75, 3.05) is 79.9 Å². The van der Waals surface area contributed by atoms with E-state index in [4.69, 9.17) is 19.8 Å². The van der Waals surface area contributed by atoms with Crippen LogP contribution in [0.3, 0.4) is 0 Å². The van der Waals surface area contributed by atoms with Crippen LogP contribution in [0, 0.1) is 0 Å². The number of rotatable bonds is 11. The van der Waals surface area contributed by atoms with Gasteiger partial charge in [0.15, 0.2) is 5.82 Å². The summed E-state index contributed by atoms with van der Waals surface area (Å²) in [5.41, 5.74) is 3.23. The molecule has 8 rings (SSSR count). The zero-order chi connectivity index (χ0) is 37.9. The molecule has 15 nitrogen and oxygen atoms in total. The van der Waals surface area contributed by atoms with Crippen LogP contribution in [0.1, 0.15) is 64.0 Å². The van der Waals surface area contributed by atoms with Crippen LogP contribution in [-0.2, 0) is 20.9 Å². The molecule has 292 valence electrons. The number of aromatic nitrogens is 5. The van der Waals surface area contributed by atoms with Gasteiger partial charge in [-0.15, -0.1) is 0 Å². The largest absolute Gasteiger partial charge is 0.381 e. The van der Waals surface area contributed by atoms with E-state index in [0.29, 0.717) is 25.0 Å². The van der Waals surface area contributed by atoms with E-state index in [-0.39, 0.29) is 23.9 Å². The lowest BCUT2D eigenvalue weighted by Crippen LogP contribution is -2.53. The molecule has 4 aliphatic heterocycles. The monoisotopic (exact) mass is 750 g/mol. The molecule has 4 saturated heterocycles. The molecule has 0 saturated carbocycles. The molecule has 55 heavy (non-hydrogen) atoms. The number of piperazine rings is 1. The van der Waals surface area contributed by atoms with E-state index >= 15 is 0 Å². The van der Waals surface area contributed by atoms with Gasteiger partial charge in [-0.25, -0.2) is 9.97 Å². The number of benzene rings is 1. The standard InChI is InChI=1S/C40H54N12O3/c1-27(2)52-34-24-36(44-35-10-15-41-40(45-35)51-18-13-31(55-3)14-19-51)42-25-32(34)38(47-52)50-16-11-30(12-17-50)49-22-20-48(21-23-49)26-28-4-6-29(7-5-28)43-33-8-9-37(53)46-39(33)54/h4-7,10,15,24-25,27,30-31,33,43H,8-9,11-14,16-23,26H2,1-3H3,(H,46,53,54)(H,41,42,44,45). The summed E-state index contributed by atoms with van der Waals surface area (Å²) in [5.74, 6) is 2.76. The Hall–Kier alpha value is -4.86. The second-order valence-electron chi connectivity index (χ2n) is 15.6. The lowest BCUT2D eigenvalue weighted by atomic mass is 10.0. The Morgan fingerprint density at radius 1 is 0.873 bits per heavy atom. The summed E-state index contributed by atoms with van der Waals surface area (Å²) >= 11 is 0. The lowest BCUT2D eigenvalue weighted by molar-refractivity contribution is -0.133. The second kappa shape index (κ2) is 16.5. The summed E-state index contributed by atoms with van der Waals surface area (Å²) in [4.78, 5) is 47.6. The van der Waals surface area contributed by atoms with Crippen LogP contribution in [-0.4, -0.2) is 124 Å². The number of anilines is 5. The van der Waals surface area contributed by atoms with Crippen molar-refractivity contribution in [3.63, 3.8) is 0 Å². The lowest BCUT2D eigenvalue weighted by Gasteiger charge is -2.43. The first-order chi connectivity index (χ1) is 26.8. The van der Waals surface area contributed by atoms with Crippen molar-refractivity contribution in [1.29, 1.82) is 0 Å². The Balaban J connectivity index is 0.836. The highest BCUT2D eigenvalue weighted by molar-refractivity contribution is 6.01. The first-order valence-corrected chi connectivity index (χ1v) is 20.0. The number of fused-ring (bicyclic) bond motifs is 1. The van der Waals surface area contributed by atoms with Crippen LogP contribution in [0.5, 0.6) is 0 Å². The minimum Gasteiger partial charge on any atom is -0.381 e. The fourth-order valence-corrected chi connectivity index (χ4v) is 8.43. The second-order valence-corrected chi connectivity index (χ2v) is 15.6. The van der Waals surface area contributed by atoms with Crippen molar-refractivity contribution < 1.29 is 14.3 Å². The van der Waals surface area contributed by atoms with Crippen molar-refractivity contribution in [3.05, 3.63) is 54.4 Å². The van der Waals surface area contributed by atoms with Crippen LogP contribution in [0.15, 0.2) is 48.8 Å². The number of hydrogen-bond donors (Lipinski definition) is 3. The van der Waals surface area contributed by atoms with Gasteiger partial charge in [0.25, 0.3) is 0 Å². The molecule has 3 aromatic heterocycles. The minimum absolute atomic E-state index is 0.197. The number of carbonyl (C=O) groups excluding carboxylic acids is 2. The van der Waals surface area contributed by atoms with Crippen LogP contribution < -0.4 is 25.8 Å². The zero-order valence-corrected chi connectivity index (χ0v) is 32.3. The maximum atomic E-state index is 12.1. The Morgan fingerprint density at radius 3 is 2.33 bits per heavy atom. The molecule has 1 unspecified atom stereocenters. The van der Waals surface area contributed by atoms with Gasteiger partial charge in [-0.3, -0.25) is 29.4 Å².